The van der Waals surface area contributed by atoms with E-state index in [4.69, 9.17) is 9.47 Å². The van der Waals surface area contributed by atoms with Crippen molar-refractivity contribution in [2.75, 3.05) is 18.1 Å². The number of aromatic hydroxyl groups is 1. The van der Waals surface area contributed by atoms with Crippen LogP contribution in [0.3, 0.4) is 0 Å². The van der Waals surface area contributed by atoms with Gasteiger partial charge in [-0.05, 0) is 24.3 Å². The van der Waals surface area contributed by atoms with Crippen LogP contribution in [0.2, 0.25) is 0 Å². The zero-order valence-corrected chi connectivity index (χ0v) is 14.6. The Bertz CT molecular complexity index is 1050. The van der Waals surface area contributed by atoms with Gasteiger partial charge in [0.1, 0.15) is 18.1 Å². The molecule has 1 heterocycles. The molecule has 1 saturated heterocycles. The van der Waals surface area contributed by atoms with Crippen LogP contribution in [0.5, 0.6) is 11.5 Å². The lowest BCUT2D eigenvalue weighted by Crippen LogP contribution is -2.26. The van der Waals surface area contributed by atoms with Crippen molar-refractivity contribution in [3.8, 4) is 11.5 Å². The number of carbonyl (C=O) groups is 1. The van der Waals surface area contributed by atoms with Crippen LogP contribution in [-0.2, 0) is 4.74 Å². The van der Waals surface area contributed by atoms with Gasteiger partial charge >= 0.3 is 6.09 Å². The topological polar surface area (TPSA) is 102 Å². The number of cyclic esters (lactones) is 1. The number of carbonyl (C=O) groups excluding carboxylic acids is 1. The molecule has 0 saturated carbocycles. The molecular weight excluding hydrogens is 364 g/mol. The first kappa shape index (κ1) is 17.6. The van der Waals surface area contributed by atoms with E-state index in [-0.39, 0.29) is 24.6 Å². The van der Waals surface area contributed by atoms with Crippen LogP contribution in [-0.4, -0.2) is 35.4 Å². The quantitative estimate of drug-likeness (QED) is 0.533. The van der Waals surface area contributed by atoms with Gasteiger partial charge in [-0.2, -0.15) is 0 Å². The van der Waals surface area contributed by atoms with Crippen LogP contribution >= 0.6 is 0 Å². The van der Waals surface area contributed by atoms with Gasteiger partial charge in [0.25, 0.3) is 5.69 Å². The number of hydrogen-bond acceptors (Lipinski definition) is 6. The fourth-order valence-corrected chi connectivity index (χ4v) is 3.15. The van der Waals surface area contributed by atoms with Crippen LogP contribution in [0.25, 0.3) is 10.8 Å². The molecule has 1 fully saturated rings. The Morgan fingerprint density at radius 2 is 1.82 bits per heavy atom. The number of anilines is 1. The molecule has 0 radical (unpaired) electrons. The molecule has 0 bridgehead atoms. The zero-order chi connectivity index (χ0) is 19.7. The summed E-state index contributed by atoms with van der Waals surface area (Å²) < 4.78 is 11.2. The molecule has 3 aromatic carbocycles. The molecule has 8 heteroatoms. The molecule has 4 rings (SSSR count). The molecule has 0 aliphatic carbocycles. The minimum Gasteiger partial charge on any atom is -0.507 e. The average molecular weight is 380 g/mol. The first-order chi connectivity index (χ1) is 13.5. The predicted molar refractivity (Wildman–Crippen MR) is 102 cm³/mol. The smallest absolute Gasteiger partial charge is 0.414 e. The van der Waals surface area contributed by atoms with E-state index >= 15 is 0 Å². The minimum absolute atomic E-state index is 0.0459. The van der Waals surface area contributed by atoms with Gasteiger partial charge in [-0.3, -0.25) is 15.0 Å². The van der Waals surface area contributed by atoms with Crippen molar-refractivity contribution in [1.29, 1.82) is 0 Å². The lowest BCUT2D eigenvalue weighted by atomic mass is 10.1. The van der Waals surface area contributed by atoms with Crippen LogP contribution in [0.4, 0.5) is 16.2 Å². The van der Waals surface area contributed by atoms with Gasteiger partial charge < -0.3 is 14.6 Å². The highest BCUT2D eigenvalue weighted by molar-refractivity contribution is 5.93. The third kappa shape index (κ3) is 3.27. The number of phenolic OH excluding ortho intramolecular Hbond substituents is 1. The lowest BCUT2D eigenvalue weighted by molar-refractivity contribution is -0.384. The number of non-ortho nitro benzene ring substituents is 1. The SMILES string of the molecule is O=C1O[C@@H](COc2cccc3c(O)cccc23)CN1c1ccc([N+](=O)[O-])cc1. The van der Waals surface area contributed by atoms with Gasteiger partial charge in [-0.1, -0.05) is 24.3 Å². The van der Waals surface area contributed by atoms with E-state index in [1.165, 1.54) is 29.2 Å². The van der Waals surface area contributed by atoms with Gasteiger partial charge in [0.05, 0.1) is 11.5 Å². The highest BCUT2D eigenvalue weighted by Gasteiger charge is 2.33. The fourth-order valence-electron chi connectivity index (χ4n) is 3.15. The Labute approximate surface area is 159 Å². The van der Waals surface area contributed by atoms with Crippen LogP contribution in [0.1, 0.15) is 0 Å². The molecule has 142 valence electrons. The number of rotatable bonds is 5. The van der Waals surface area contributed by atoms with E-state index in [1.807, 2.05) is 6.07 Å². The molecule has 1 N–H and O–H groups in total. The Balaban J connectivity index is 1.45. The summed E-state index contributed by atoms with van der Waals surface area (Å²) in [5.74, 6) is 0.748. The summed E-state index contributed by atoms with van der Waals surface area (Å²) in [5, 5.41) is 22.1. The summed E-state index contributed by atoms with van der Waals surface area (Å²) in [6.07, 6.45) is -1.02. The highest BCUT2D eigenvalue weighted by Crippen LogP contribution is 2.32. The molecule has 28 heavy (non-hydrogen) atoms. The number of phenols is 1. The largest absolute Gasteiger partial charge is 0.507 e. The molecule has 3 aromatic rings. The second-order valence-electron chi connectivity index (χ2n) is 6.33. The van der Waals surface area contributed by atoms with E-state index in [9.17, 15) is 20.0 Å². The van der Waals surface area contributed by atoms with Crippen LogP contribution in [0.15, 0.2) is 60.7 Å². The third-order valence-corrected chi connectivity index (χ3v) is 4.53. The standard InChI is InChI=1S/C20H16N2O6/c23-18-5-1-4-17-16(18)3-2-6-19(17)27-12-15-11-21(20(24)28-15)13-7-9-14(10-8-13)22(25)26/h1-10,15,23H,11-12H2/t15-/m1/s1. The van der Waals surface area contributed by atoms with Gasteiger partial charge in [0.2, 0.25) is 0 Å². The minimum atomic E-state index is -0.530. The maximum Gasteiger partial charge on any atom is 0.414 e. The first-order valence-electron chi connectivity index (χ1n) is 8.59. The normalized spacial score (nSPS) is 16.2. The number of ether oxygens (including phenoxy) is 2. The lowest BCUT2D eigenvalue weighted by Gasteiger charge is -2.14. The number of benzene rings is 3. The van der Waals surface area contributed by atoms with Crippen LogP contribution in [0, 0.1) is 10.1 Å². The molecule has 0 unspecified atom stereocenters. The van der Waals surface area contributed by atoms with Crippen molar-refractivity contribution in [1.82, 2.24) is 0 Å². The maximum absolute atomic E-state index is 12.2. The summed E-state index contributed by atoms with van der Waals surface area (Å²) in [6, 6.07) is 16.2. The van der Waals surface area contributed by atoms with Crippen molar-refractivity contribution in [3.63, 3.8) is 0 Å². The average Bonchev–Trinajstić information content (AvgIpc) is 3.07. The zero-order valence-electron chi connectivity index (χ0n) is 14.6. The third-order valence-electron chi connectivity index (χ3n) is 4.53. The second kappa shape index (κ2) is 7.07. The summed E-state index contributed by atoms with van der Waals surface area (Å²) in [4.78, 5) is 23.8. The summed E-state index contributed by atoms with van der Waals surface area (Å²) in [5.41, 5.74) is 0.476. The van der Waals surface area contributed by atoms with Crippen molar-refractivity contribution in [2.45, 2.75) is 6.10 Å². The van der Waals surface area contributed by atoms with E-state index in [1.54, 1.807) is 30.3 Å². The predicted octanol–water partition coefficient (Wildman–Crippen LogP) is 3.86. The molecule has 8 nitrogen and oxygen atoms in total. The van der Waals surface area contributed by atoms with Gasteiger partial charge in [-0.25, -0.2) is 4.79 Å². The second-order valence-corrected chi connectivity index (χ2v) is 6.33. The van der Waals surface area contributed by atoms with Crippen molar-refractivity contribution < 1.29 is 24.3 Å². The van der Waals surface area contributed by atoms with Crippen LogP contribution < -0.4 is 9.64 Å². The molecule has 1 aliphatic rings. The number of nitro groups is 1. The van der Waals surface area contributed by atoms with Crippen molar-refractivity contribution in [2.24, 2.45) is 0 Å². The van der Waals surface area contributed by atoms with E-state index in [0.29, 0.717) is 16.8 Å². The van der Waals surface area contributed by atoms with E-state index in [0.717, 1.165) is 5.39 Å². The molecule has 0 spiro atoms. The number of nitrogens with zero attached hydrogens (tertiary/aromatic N) is 2. The van der Waals surface area contributed by atoms with Gasteiger partial charge in [-0.15, -0.1) is 0 Å². The first-order valence-corrected chi connectivity index (χ1v) is 8.59. The van der Waals surface area contributed by atoms with E-state index in [2.05, 4.69) is 0 Å². The van der Waals surface area contributed by atoms with Crippen molar-refractivity contribution >= 4 is 28.2 Å². The van der Waals surface area contributed by atoms with Gasteiger partial charge in [0, 0.05) is 28.6 Å². The number of hydrogen-bond donors (Lipinski definition) is 1. The summed E-state index contributed by atoms with van der Waals surface area (Å²) in [6.45, 7) is 0.413. The number of nitro benzene ring substituents is 1. The van der Waals surface area contributed by atoms with Crippen molar-refractivity contribution in [3.05, 3.63) is 70.8 Å². The summed E-state index contributed by atoms with van der Waals surface area (Å²) in [7, 11) is 0. The Hall–Kier alpha value is -3.81. The Kier molecular flexibility index (Phi) is 4.44. The number of fused-ring (bicyclic) bond motifs is 1. The molecule has 1 atom stereocenters. The van der Waals surface area contributed by atoms with Gasteiger partial charge in [0.15, 0.2) is 6.10 Å². The Morgan fingerprint density at radius 3 is 2.57 bits per heavy atom. The molecular formula is C20H16N2O6. The monoisotopic (exact) mass is 380 g/mol. The summed E-state index contributed by atoms with van der Waals surface area (Å²) >= 11 is 0. The molecule has 1 amide bonds. The van der Waals surface area contributed by atoms with E-state index < -0.39 is 17.1 Å². The highest BCUT2D eigenvalue weighted by atomic mass is 16.6. The fraction of sp³-hybridized carbons (Fsp3) is 0.150. The maximum atomic E-state index is 12.2. The molecule has 1 aliphatic heterocycles. The molecule has 0 aromatic heterocycles. The number of amides is 1. The Morgan fingerprint density at radius 1 is 1.11 bits per heavy atom.